The van der Waals surface area contributed by atoms with Gasteiger partial charge in [-0.3, -0.25) is 0 Å². The van der Waals surface area contributed by atoms with Crippen LogP contribution in [0.25, 0.3) is 0 Å². The Morgan fingerprint density at radius 2 is 1.81 bits per heavy atom. The van der Waals surface area contributed by atoms with Crippen molar-refractivity contribution in [2.24, 2.45) is 0 Å². The summed E-state index contributed by atoms with van der Waals surface area (Å²) in [5, 5.41) is 3.73. The van der Waals surface area contributed by atoms with Gasteiger partial charge >= 0.3 is 0 Å². The number of nitrogens with zero attached hydrogens (tertiary/aromatic N) is 1. The van der Waals surface area contributed by atoms with Crippen LogP contribution in [0.5, 0.6) is 0 Å². The first-order valence-corrected chi connectivity index (χ1v) is 8.14. The lowest BCUT2D eigenvalue weighted by Crippen LogP contribution is -2.36. The molecule has 16 heavy (non-hydrogen) atoms. The fourth-order valence-electron chi connectivity index (χ4n) is 2.74. The molecule has 0 spiro atoms. The molecular formula is C13H26N2S. The predicted octanol–water partition coefficient (Wildman–Crippen LogP) is 2.35. The van der Waals surface area contributed by atoms with Crippen LogP contribution in [-0.2, 0) is 0 Å². The second-order valence-electron chi connectivity index (χ2n) is 5.10. The Morgan fingerprint density at radius 1 is 1.06 bits per heavy atom. The Labute approximate surface area is 105 Å². The molecule has 1 aliphatic heterocycles. The number of thioether (sulfide) groups is 1. The lowest BCUT2D eigenvalue weighted by atomic mass is 9.95. The van der Waals surface area contributed by atoms with E-state index in [1.54, 1.807) is 0 Å². The van der Waals surface area contributed by atoms with Gasteiger partial charge in [0.05, 0.1) is 0 Å². The van der Waals surface area contributed by atoms with Crippen molar-refractivity contribution in [1.29, 1.82) is 0 Å². The van der Waals surface area contributed by atoms with Crippen molar-refractivity contribution in [3.8, 4) is 0 Å². The Balaban J connectivity index is 1.47. The van der Waals surface area contributed by atoms with E-state index in [0.29, 0.717) is 0 Å². The molecule has 2 fully saturated rings. The van der Waals surface area contributed by atoms with Gasteiger partial charge in [-0.15, -0.1) is 0 Å². The minimum Gasteiger partial charge on any atom is -0.314 e. The van der Waals surface area contributed by atoms with Gasteiger partial charge in [-0.25, -0.2) is 0 Å². The van der Waals surface area contributed by atoms with Crippen molar-refractivity contribution in [3.05, 3.63) is 0 Å². The highest BCUT2D eigenvalue weighted by atomic mass is 32.2. The fraction of sp³-hybridized carbons (Fsp3) is 1.00. The molecule has 0 amide bonds. The van der Waals surface area contributed by atoms with Crippen molar-refractivity contribution in [2.45, 2.75) is 44.6 Å². The molecule has 0 bridgehead atoms. The molecule has 1 heterocycles. The molecule has 2 nitrogen and oxygen atoms in total. The molecule has 0 aromatic heterocycles. The first-order chi connectivity index (χ1) is 7.95. The number of hydrogen-bond acceptors (Lipinski definition) is 3. The topological polar surface area (TPSA) is 15.3 Å². The molecule has 2 rings (SSSR count). The van der Waals surface area contributed by atoms with Crippen LogP contribution in [0.2, 0.25) is 0 Å². The lowest BCUT2D eigenvalue weighted by molar-refractivity contribution is 0.289. The van der Waals surface area contributed by atoms with Gasteiger partial charge < -0.3 is 10.2 Å². The van der Waals surface area contributed by atoms with Gasteiger partial charge in [0.15, 0.2) is 0 Å². The second-order valence-corrected chi connectivity index (χ2v) is 6.32. The summed E-state index contributed by atoms with van der Waals surface area (Å²) < 4.78 is 0. The van der Waals surface area contributed by atoms with E-state index < -0.39 is 0 Å². The third-order valence-electron chi connectivity index (χ3n) is 3.79. The van der Waals surface area contributed by atoms with E-state index in [1.807, 2.05) is 0 Å². The van der Waals surface area contributed by atoms with E-state index in [2.05, 4.69) is 22.0 Å². The number of rotatable bonds is 5. The van der Waals surface area contributed by atoms with Crippen molar-refractivity contribution >= 4 is 11.8 Å². The summed E-state index contributed by atoms with van der Waals surface area (Å²) in [7, 11) is 0. The molecule has 0 atom stereocenters. The zero-order chi connectivity index (χ0) is 11.1. The summed E-state index contributed by atoms with van der Waals surface area (Å²) in [6.07, 6.45) is 8.52. The minimum atomic E-state index is 0.839. The van der Waals surface area contributed by atoms with Crippen molar-refractivity contribution in [3.63, 3.8) is 0 Å². The zero-order valence-electron chi connectivity index (χ0n) is 10.4. The summed E-state index contributed by atoms with van der Waals surface area (Å²) >= 11 is 2.10. The van der Waals surface area contributed by atoms with Crippen LogP contribution >= 0.6 is 11.8 Å². The molecule has 0 unspecified atom stereocenters. The summed E-state index contributed by atoms with van der Waals surface area (Å²) in [5.74, 6) is 2.69. The quantitative estimate of drug-likeness (QED) is 0.745. The molecular weight excluding hydrogens is 216 g/mol. The normalized spacial score (nSPS) is 24.8. The maximum Gasteiger partial charge on any atom is 0.00727 e. The van der Waals surface area contributed by atoms with Gasteiger partial charge in [-0.1, -0.05) is 19.3 Å². The highest BCUT2D eigenvalue weighted by molar-refractivity contribution is 7.99. The van der Waals surface area contributed by atoms with E-state index in [4.69, 9.17) is 0 Å². The van der Waals surface area contributed by atoms with Crippen LogP contribution < -0.4 is 5.32 Å². The molecule has 0 radical (unpaired) electrons. The van der Waals surface area contributed by atoms with Crippen LogP contribution in [0.15, 0.2) is 0 Å². The average Bonchev–Trinajstić information content (AvgIpc) is 2.37. The number of hydrogen-bond donors (Lipinski definition) is 1. The minimum absolute atomic E-state index is 0.839. The molecule has 1 N–H and O–H groups in total. The van der Waals surface area contributed by atoms with E-state index in [0.717, 1.165) is 6.04 Å². The lowest BCUT2D eigenvalue weighted by Gasteiger charge is -2.27. The third-order valence-corrected chi connectivity index (χ3v) is 4.74. The summed E-state index contributed by atoms with van der Waals surface area (Å²) in [5.41, 5.74) is 0. The Hall–Kier alpha value is 0.270. The Bertz CT molecular complexity index is 155. The maximum absolute atomic E-state index is 3.73. The fourth-order valence-corrected chi connectivity index (χ4v) is 3.72. The van der Waals surface area contributed by atoms with Gasteiger partial charge in [0.2, 0.25) is 0 Å². The smallest absolute Gasteiger partial charge is 0.00727 e. The summed E-state index contributed by atoms with van der Waals surface area (Å²) in [6, 6.07) is 0.839. The molecule has 0 aromatic rings. The van der Waals surface area contributed by atoms with Crippen LogP contribution in [0.3, 0.4) is 0 Å². The molecule has 94 valence electrons. The number of nitrogens with one attached hydrogen (secondary N) is 1. The van der Waals surface area contributed by atoms with Crippen LogP contribution in [0.4, 0.5) is 0 Å². The molecule has 3 heteroatoms. The standard InChI is InChI=1S/C13H26N2S/c1-2-5-13(6-3-1)14-7-4-8-15-9-11-16-12-10-15/h13-14H,1-12H2. The van der Waals surface area contributed by atoms with E-state index in [9.17, 15) is 0 Å². The Kier molecular flexibility index (Phi) is 6.02. The highest BCUT2D eigenvalue weighted by Gasteiger charge is 2.13. The van der Waals surface area contributed by atoms with E-state index in [-0.39, 0.29) is 0 Å². The van der Waals surface area contributed by atoms with Gasteiger partial charge in [-0.05, 0) is 32.4 Å². The third kappa shape index (κ3) is 4.64. The van der Waals surface area contributed by atoms with Gasteiger partial charge in [0.1, 0.15) is 0 Å². The van der Waals surface area contributed by atoms with Crippen molar-refractivity contribution < 1.29 is 0 Å². The van der Waals surface area contributed by atoms with Gasteiger partial charge in [0, 0.05) is 30.6 Å². The summed E-state index contributed by atoms with van der Waals surface area (Å²) in [4.78, 5) is 2.62. The van der Waals surface area contributed by atoms with Crippen LogP contribution in [-0.4, -0.2) is 48.6 Å². The average molecular weight is 242 g/mol. The molecule has 0 aromatic carbocycles. The van der Waals surface area contributed by atoms with Crippen molar-refractivity contribution in [2.75, 3.05) is 37.7 Å². The first kappa shape index (κ1) is 12.7. The van der Waals surface area contributed by atoms with E-state index >= 15 is 0 Å². The predicted molar refractivity (Wildman–Crippen MR) is 73.3 cm³/mol. The molecule has 1 aliphatic carbocycles. The molecule has 1 saturated heterocycles. The SMILES string of the molecule is C1CCC(NCCCN2CCSCC2)CC1. The maximum atomic E-state index is 3.73. The summed E-state index contributed by atoms with van der Waals surface area (Å²) in [6.45, 7) is 5.16. The van der Waals surface area contributed by atoms with Crippen LogP contribution in [0, 0.1) is 0 Å². The first-order valence-electron chi connectivity index (χ1n) is 6.98. The largest absolute Gasteiger partial charge is 0.314 e. The van der Waals surface area contributed by atoms with Crippen molar-refractivity contribution in [1.82, 2.24) is 10.2 Å². The monoisotopic (exact) mass is 242 g/mol. The zero-order valence-corrected chi connectivity index (χ0v) is 11.2. The van der Waals surface area contributed by atoms with E-state index in [1.165, 1.54) is 76.2 Å². The molecule has 2 aliphatic rings. The highest BCUT2D eigenvalue weighted by Crippen LogP contribution is 2.17. The molecule has 1 saturated carbocycles. The second kappa shape index (κ2) is 7.57. The van der Waals surface area contributed by atoms with Gasteiger partial charge in [-0.2, -0.15) is 11.8 Å². The van der Waals surface area contributed by atoms with Crippen LogP contribution in [0.1, 0.15) is 38.5 Å². The Morgan fingerprint density at radius 3 is 2.56 bits per heavy atom. The van der Waals surface area contributed by atoms with Gasteiger partial charge in [0.25, 0.3) is 0 Å².